The Morgan fingerprint density at radius 2 is 0.869 bits per heavy atom. The quantitative estimate of drug-likeness (QED) is 0.162. The summed E-state index contributed by atoms with van der Waals surface area (Å²) in [5.74, 6) is 0. The molecule has 0 unspecified atom stereocenters. The van der Waals surface area contributed by atoms with Crippen LogP contribution in [0.1, 0.15) is 61.1 Å². The predicted molar refractivity (Wildman–Crippen MR) is 260 cm³/mol. The van der Waals surface area contributed by atoms with Gasteiger partial charge < -0.3 is 4.90 Å². The van der Waals surface area contributed by atoms with E-state index in [0.29, 0.717) is 0 Å². The molecule has 2 aliphatic carbocycles. The molecular formula is C60H49N. The highest BCUT2D eigenvalue weighted by atomic mass is 15.2. The summed E-state index contributed by atoms with van der Waals surface area (Å²) in [4.78, 5) is 2.63. The number of hydrogen-bond donors (Lipinski definition) is 0. The molecule has 11 rings (SSSR count). The number of benzene rings is 9. The van der Waals surface area contributed by atoms with E-state index in [1.165, 1.54) is 111 Å². The van der Waals surface area contributed by atoms with Crippen molar-refractivity contribution in [2.45, 2.75) is 52.4 Å². The summed E-state index contributed by atoms with van der Waals surface area (Å²) in [5, 5.41) is 2.48. The fourth-order valence-corrected chi connectivity index (χ4v) is 10.7. The van der Waals surface area contributed by atoms with Crippen LogP contribution in [0.15, 0.2) is 188 Å². The maximum absolute atomic E-state index is 2.63. The monoisotopic (exact) mass is 783 g/mol. The number of fused-ring (bicyclic) bond motifs is 7. The van der Waals surface area contributed by atoms with Gasteiger partial charge in [0.1, 0.15) is 0 Å². The lowest BCUT2D eigenvalue weighted by Crippen LogP contribution is -2.18. The Morgan fingerprint density at radius 3 is 1.54 bits per heavy atom. The highest BCUT2D eigenvalue weighted by Crippen LogP contribution is 2.58. The molecule has 9 aromatic rings. The summed E-state index contributed by atoms with van der Waals surface area (Å²) >= 11 is 0. The van der Waals surface area contributed by atoms with Gasteiger partial charge in [-0.25, -0.2) is 0 Å². The molecule has 0 radical (unpaired) electrons. The van der Waals surface area contributed by atoms with Crippen molar-refractivity contribution >= 4 is 27.8 Å². The van der Waals surface area contributed by atoms with Crippen LogP contribution in [-0.2, 0) is 10.8 Å². The third kappa shape index (κ3) is 5.67. The van der Waals surface area contributed by atoms with Crippen LogP contribution >= 0.6 is 0 Å². The molecular weight excluding hydrogens is 735 g/mol. The van der Waals surface area contributed by atoms with Gasteiger partial charge in [0.15, 0.2) is 0 Å². The van der Waals surface area contributed by atoms with E-state index in [1.807, 2.05) is 0 Å². The van der Waals surface area contributed by atoms with E-state index >= 15 is 0 Å². The molecule has 1 nitrogen and oxygen atoms in total. The second-order valence-corrected chi connectivity index (χ2v) is 18.2. The van der Waals surface area contributed by atoms with Crippen LogP contribution in [0.25, 0.3) is 66.4 Å². The second kappa shape index (κ2) is 13.8. The maximum Gasteiger partial charge on any atom is 0.0619 e. The van der Waals surface area contributed by atoms with Gasteiger partial charge in [0.25, 0.3) is 0 Å². The SMILES string of the molecule is Cc1ccccc1-c1cc(-c2ccc3ccccc3c2)cc(-c2ccccc2C)c1N(c1ccc2c(c1)C(C)(C)c1ccccc1-2)c1cccc2c1-c1ccccc1C2(C)C. The minimum atomic E-state index is -0.168. The van der Waals surface area contributed by atoms with Crippen molar-refractivity contribution in [2.24, 2.45) is 0 Å². The van der Waals surface area contributed by atoms with Gasteiger partial charge >= 0.3 is 0 Å². The predicted octanol–water partition coefficient (Wildman–Crippen LogP) is 16.5. The zero-order valence-corrected chi connectivity index (χ0v) is 35.8. The lowest BCUT2D eigenvalue weighted by Gasteiger charge is -2.34. The van der Waals surface area contributed by atoms with E-state index in [2.05, 4.69) is 234 Å². The standard InChI is InChI=1S/C60H49N/c1-38-18-7-11-22-45(38)50-35-43(42-31-30-40-20-9-10-21-41(40)34-42)36-51(46-23-12-8-19-39(46)2)58(50)61(44-32-33-48-47-24-13-15-26-52(47)60(5,6)55(48)37-44)56-29-17-28-54-57(56)49-25-14-16-27-53(49)59(54,3)4/h7-37H,1-6H3. The van der Waals surface area contributed by atoms with Crippen molar-refractivity contribution in [3.05, 3.63) is 221 Å². The van der Waals surface area contributed by atoms with Gasteiger partial charge in [-0.1, -0.05) is 179 Å². The summed E-state index contributed by atoms with van der Waals surface area (Å²) in [7, 11) is 0. The van der Waals surface area contributed by atoms with E-state index in [-0.39, 0.29) is 10.8 Å². The minimum absolute atomic E-state index is 0.160. The maximum atomic E-state index is 2.63. The summed E-state index contributed by atoms with van der Waals surface area (Å²) in [6.45, 7) is 14.1. The summed E-state index contributed by atoms with van der Waals surface area (Å²) in [6.07, 6.45) is 0. The molecule has 2 aliphatic rings. The van der Waals surface area contributed by atoms with Crippen LogP contribution in [0.5, 0.6) is 0 Å². The molecule has 0 fully saturated rings. The third-order valence-electron chi connectivity index (χ3n) is 13.9. The Kier molecular flexibility index (Phi) is 8.38. The molecule has 0 atom stereocenters. The fraction of sp³-hybridized carbons (Fsp3) is 0.133. The second-order valence-electron chi connectivity index (χ2n) is 18.2. The van der Waals surface area contributed by atoms with Crippen LogP contribution in [0, 0.1) is 13.8 Å². The topological polar surface area (TPSA) is 3.24 Å². The van der Waals surface area contributed by atoms with E-state index in [9.17, 15) is 0 Å². The number of anilines is 3. The van der Waals surface area contributed by atoms with Gasteiger partial charge in [-0.05, 0) is 133 Å². The average molecular weight is 784 g/mol. The van der Waals surface area contributed by atoms with Gasteiger partial charge in [-0.2, -0.15) is 0 Å². The molecule has 294 valence electrons. The molecule has 0 amide bonds. The zero-order valence-electron chi connectivity index (χ0n) is 35.8. The lowest BCUT2D eigenvalue weighted by atomic mass is 9.82. The van der Waals surface area contributed by atoms with E-state index < -0.39 is 0 Å². The van der Waals surface area contributed by atoms with Crippen LogP contribution in [-0.4, -0.2) is 0 Å². The smallest absolute Gasteiger partial charge is 0.0619 e. The van der Waals surface area contributed by atoms with Crippen molar-refractivity contribution < 1.29 is 0 Å². The first-order valence-corrected chi connectivity index (χ1v) is 21.7. The van der Waals surface area contributed by atoms with Gasteiger partial charge in [0, 0.05) is 33.2 Å². The number of hydrogen-bond acceptors (Lipinski definition) is 1. The molecule has 0 saturated carbocycles. The summed E-state index contributed by atoms with van der Waals surface area (Å²) in [5.41, 5.74) is 23.6. The molecule has 0 aromatic heterocycles. The first kappa shape index (κ1) is 37.1. The van der Waals surface area contributed by atoms with Crippen LogP contribution in [0.2, 0.25) is 0 Å². The summed E-state index contributed by atoms with van der Waals surface area (Å²) in [6, 6.07) is 70.7. The van der Waals surface area contributed by atoms with E-state index in [1.54, 1.807) is 0 Å². The normalized spacial score (nSPS) is 14.0. The molecule has 0 saturated heterocycles. The molecule has 0 aliphatic heterocycles. The van der Waals surface area contributed by atoms with Crippen molar-refractivity contribution in [3.63, 3.8) is 0 Å². The Labute approximate surface area is 360 Å². The molecule has 0 heterocycles. The van der Waals surface area contributed by atoms with Gasteiger partial charge in [-0.3, -0.25) is 0 Å². The molecule has 61 heavy (non-hydrogen) atoms. The molecule has 1 heteroatoms. The minimum Gasteiger partial charge on any atom is -0.309 e. The van der Waals surface area contributed by atoms with Crippen molar-refractivity contribution in [3.8, 4) is 55.6 Å². The van der Waals surface area contributed by atoms with E-state index in [4.69, 9.17) is 0 Å². The Balaban J connectivity index is 1.29. The average Bonchev–Trinajstić information content (AvgIpc) is 3.66. The fourth-order valence-electron chi connectivity index (χ4n) is 10.7. The highest BCUT2D eigenvalue weighted by Gasteiger charge is 2.40. The number of aryl methyl sites for hydroxylation is 2. The molecule has 9 aromatic carbocycles. The van der Waals surface area contributed by atoms with Gasteiger partial charge in [0.05, 0.1) is 11.4 Å². The highest BCUT2D eigenvalue weighted by molar-refractivity contribution is 6.05. The van der Waals surface area contributed by atoms with Crippen molar-refractivity contribution in [2.75, 3.05) is 4.90 Å². The van der Waals surface area contributed by atoms with E-state index in [0.717, 1.165) is 5.69 Å². The Bertz CT molecular complexity index is 3160. The molecule has 0 spiro atoms. The zero-order chi connectivity index (χ0) is 41.6. The summed E-state index contributed by atoms with van der Waals surface area (Å²) < 4.78 is 0. The Morgan fingerprint density at radius 1 is 0.344 bits per heavy atom. The third-order valence-corrected chi connectivity index (χ3v) is 13.9. The first-order valence-electron chi connectivity index (χ1n) is 21.7. The van der Waals surface area contributed by atoms with Crippen LogP contribution in [0.4, 0.5) is 17.1 Å². The van der Waals surface area contributed by atoms with Gasteiger partial charge in [0.2, 0.25) is 0 Å². The number of nitrogens with zero attached hydrogens (tertiary/aromatic N) is 1. The molecule has 0 N–H and O–H groups in total. The molecule has 0 bridgehead atoms. The largest absolute Gasteiger partial charge is 0.309 e. The van der Waals surface area contributed by atoms with Gasteiger partial charge in [-0.15, -0.1) is 0 Å². The number of rotatable bonds is 6. The van der Waals surface area contributed by atoms with Crippen LogP contribution < -0.4 is 4.90 Å². The van der Waals surface area contributed by atoms with Crippen molar-refractivity contribution in [1.29, 1.82) is 0 Å². The Hall–Kier alpha value is -6.96. The lowest BCUT2D eigenvalue weighted by molar-refractivity contribution is 0.660. The van der Waals surface area contributed by atoms with Crippen LogP contribution in [0.3, 0.4) is 0 Å². The van der Waals surface area contributed by atoms with Crippen molar-refractivity contribution in [1.82, 2.24) is 0 Å². The first-order chi connectivity index (χ1) is 29.6.